The van der Waals surface area contributed by atoms with Crippen LogP contribution in [0.3, 0.4) is 0 Å². The Morgan fingerprint density at radius 3 is 2.86 bits per heavy atom. The van der Waals surface area contributed by atoms with Crippen LogP contribution in [-0.4, -0.2) is 30.1 Å². The number of para-hydroxylation sites is 2. The maximum atomic E-state index is 12.7. The molecule has 0 unspecified atom stereocenters. The van der Waals surface area contributed by atoms with Gasteiger partial charge in [-0.3, -0.25) is 9.78 Å². The molecule has 1 aliphatic heterocycles. The van der Waals surface area contributed by atoms with Crippen LogP contribution in [0.5, 0.6) is 11.5 Å². The summed E-state index contributed by atoms with van der Waals surface area (Å²) in [5.74, 6) is 1.27. The molecule has 5 nitrogen and oxygen atoms in total. The van der Waals surface area contributed by atoms with E-state index in [1.54, 1.807) is 6.07 Å². The molecule has 0 fully saturated rings. The van der Waals surface area contributed by atoms with E-state index in [0.29, 0.717) is 24.5 Å². The molecule has 2 heterocycles. The van der Waals surface area contributed by atoms with Crippen LogP contribution in [0.25, 0.3) is 10.9 Å². The van der Waals surface area contributed by atoms with Gasteiger partial charge in [0.15, 0.2) is 11.5 Å². The van der Waals surface area contributed by atoms with E-state index in [0.717, 1.165) is 58.6 Å². The van der Waals surface area contributed by atoms with Crippen LogP contribution in [-0.2, 0) is 12.8 Å². The number of aryl methyl sites for hydroxylation is 1. The van der Waals surface area contributed by atoms with Crippen molar-refractivity contribution >= 4 is 28.4 Å². The lowest BCUT2D eigenvalue weighted by Crippen LogP contribution is -2.40. The van der Waals surface area contributed by atoms with Crippen molar-refractivity contribution in [3.8, 4) is 11.5 Å². The summed E-state index contributed by atoms with van der Waals surface area (Å²) >= 11 is 6.62. The molecule has 1 aliphatic carbocycles. The number of aromatic nitrogens is 1. The number of amides is 1. The highest BCUT2D eigenvalue weighted by atomic mass is 35.5. The van der Waals surface area contributed by atoms with E-state index in [1.165, 1.54) is 0 Å². The van der Waals surface area contributed by atoms with Gasteiger partial charge in [0.1, 0.15) is 12.7 Å². The van der Waals surface area contributed by atoms with E-state index in [4.69, 9.17) is 26.1 Å². The van der Waals surface area contributed by atoms with Crippen LogP contribution in [0.4, 0.5) is 0 Å². The molecule has 1 N–H and O–H groups in total. The number of fused-ring (bicyclic) bond motifs is 3. The molecule has 0 radical (unpaired) electrons. The Hall–Kier alpha value is -2.79. The number of hydrogen-bond donors (Lipinski definition) is 1. The summed E-state index contributed by atoms with van der Waals surface area (Å²) in [6.07, 6.45) is 3.98. The fraction of sp³-hybridized carbons (Fsp3) is 0.304. The van der Waals surface area contributed by atoms with Crippen molar-refractivity contribution in [1.29, 1.82) is 0 Å². The van der Waals surface area contributed by atoms with Gasteiger partial charge in [-0.1, -0.05) is 29.8 Å². The number of benzene rings is 2. The summed E-state index contributed by atoms with van der Waals surface area (Å²) < 4.78 is 11.6. The van der Waals surface area contributed by atoms with Crippen molar-refractivity contribution in [2.45, 2.75) is 31.8 Å². The number of rotatable bonds is 3. The van der Waals surface area contributed by atoms with Gasteiger partial charge in [0.25, 0.3) is 5.91 Å². The van der Waals surface area contributed by atoms with Gasteiger partial charge >= 0.3 is 0 Å². The van der Waals surface area contributed by atoms with Crippen LogP contribution < -0.4 is 14.8 Å². The van der Waals surface area contributed by atoms with Crippen molar-refractivity contribution in [3.63, 3.8) is 0 Å². The number of halogens is 1. The molecular formula is C23H21ClN2O3. The number of nitrogens with zero attached hydrogens (tertiary/aromatic N) is 1. The van der Waals surface area contributed by atoms with E-state index in [-0.39, 0.29) is 12.0 Å². The lowest BCUT2D eigenvalue weighted by molar-refractivity contribution is 0.0789. The first kappa shape index (κ1) is 18.3. The summed E-state index contributed by atoms with van der Waals surface area (Å²) in [7, 11) is 0. The topological polar surface area (TPSA) is 60.5 Å². The predicted octanol–water partition coefficient (Wildman–Crippen LogP) is 4.34. The largest absolute Gasteiger partial charge is 0.486 e. The lowest BCUT2D eigenvalue weighted by Gasteiger charge is -2.26. The molecule has 0 bridgehead atoms. The molecule has 1 amide bonds. The summed E-state index contributed by atoms with van der Waals surface area (Å²) in [6, 6.07) is 13.0. The summed E-state index contributed by atoms with van der Waals surface area (Å²) in [5, 5.41) is 4.62. The van der Waals surface area contributed by atoms with Gasteiger partial charge in [-0.05, 0) is 55.5 Å². The maximum Gasteiger partial charge on any atom is 0.251 e. The molecule has 0 saturated heterocycles. The molecule has 2 aliphatic rings. The second-order valence-electron chi connectivity index (χ2n) is 7.50. The van der Waals surface area contributed by atoms with Crippen LogP contribution in [0.15, 0.2) is 42.5 Å². The van der Waals surface area contributed by atoms with Crippen LogP contribution in [0, 0.1) is 0 Å². The van der Waals surface area contributed by atoms with Gasteiger partial charge in [-0.2, -0.15) is 0 Å². The number of ether oxygens (including phenoxy) is 2. The normalized spacial score (nSPS) is 17.6. The fourth-order valence-corrected chi connectivity index (χ4v) is 4.34. The SMILES string of the molecule is O=C(NC[C@H]1COc2ccccc2O1)c1ccc2c(Cl)c3c(nc2c1)CCCC3. The van der Waals surface area contributed by atoms with Crippen LogP contribution in [0.2, 0.25) is 5.02 Å². The summed E-state index contributed by atoms with van der Waals surface area (Å²) in [6.45, 7) is 0.766. The Morgan fingerprint density at radius 1 is 1.14 bits per heavy atom. The molecule has 5 rings (SSSR count). The molecule has 148 valence electrons. The molecule has 0 saturated carbocycles. The average Bonchev–Trinajstić information content (AvgIpc) is 2.77. The molecule has 0 spiro atoms. The number of nitrogens with one attached hydrogen (secondary N) is 1. The monoisotopic (exact) mass is 408 g/mol. The zero-order chi connectivity index (χ0) is 19.8. The predicted molar refractivity (Wildman–Crippen MR) is 112 cm³/mol. The average molecular weight is 409 g/mol. The summed E-state index contributed by atoms with van der Waals surface area (Å²) in [4.78, 5) is 17.5. The van der Waals surface area contributed by atoms with Crippen molar-refractivity contribution < 1.29 is 14.3 Å². The van der Waals surface area contributed by atoms with Crippen LogP contribution >= 0.6 is 11.6 Å². The van der Waals surface area contributed by atoms with Gasteiger partial charge in [0, 0.05) is 16.6 Å². The van der Waals surface area contributed by atoms with Gasteiger partial charge in [0.05, 0.1) is 17.1 Å². The highest BCUT2D eigenvalue weighted by Crippen LogP contribution is 2.33. The third-order valence-corrected chi connectivity index (χ3v) is 5.94. The Morgan fingerprint density at radius 2 is 1.97 bits per heavy atom. The highest BCUT2D eigenvalue weighted by Gasteiger charge is 2.22. The lowest BCUT2D eigenvalue weighted by atomic mass is 9.94. The Balaban J connectivity index is 1.31. The zero-order valence-corrected chi connectivity index (χ0v) is 16.7. The molecule has 3 aromatic rings. The van der Waals surface area contributed by atoms with E-state index in [2.05, 4.69) is 5.32 Å². The second-order valence-corrected chi connectivity index (χ2v) is 7.88. The first-order valence-electron chi connectivity index (χ1n) is 9.97. The zero-order valence-electron chi connectivity index (χ0n) is 15.9. The molecule has 29 heavy (non-hydrogen) atoms. The minimum Gasteiger partial charge on any atom is -0.486 e. The number of pyridine rings is 1. The van der Waals surface area contributed by atoms with E-state index in [9.17, 15) is 4.79 Å². The standard InChI is InChI=1S/C23H21ClN2O3/c24-22-16-5-1-2-6-18(16)26-19-11-14(9-10-17(19)22)23(27)25-12-15-13-28-20-7-3-4-8-21(20)29-15/h3-4,7-11,15H,1-2,5-6,12-13H2,(H,25,27)/t15-/m0/s1. The van der Waals surface area contributed by atoms with Crippen LogP contribution in [0.1, 0.15) is 34.5 Å². The van der Waals surface area contributed by atoms with E-state index >= 15 is 0 Å². The second kappa shape index (κ2) is 7.56. The molecule has 2 aromatic carbocycles. The molecule has 6 heteroatoms. The first-order chi connectivity index (χ1) is 14.2. The first-order valence-corrected chi connectivity index (χ1v) is 10.3. The quantitative estimate of drug-likeness (QED) is 0.700. The maximum absolute atomic E-state index is 12.7. The van der Waals surface area contributed by atoms with Gasteiger partial charge in [-0.15, -0.1) is 0 Å². The highest BCUT2D eigenvalue weighted by molar-refractivity contribution is 6.36. The third kappa shape index (κ3) is 3.51. The fourth-order valence-electron chi connectivity index (χ4n) is 3.98. The van der Waals surface area contributed by atoms with E-state index < -0.39 is 0 Å². The Labute approximate surface area is 174 Å². The Kier molecular flexibility index (Phi) is 4.76. The number of carbonyl (C=O) groups is 1. The van der Waals surface area contributed by atoms with Crippen molar-refractivity contribution in [3.05, 3.63) is 64.3 Å². The molecule has 1 aromatic heterocycles. The number of carbonyl (C=O) groups excluding carboxylic acids is 1. The van der Waals surface area contributed by atoms with Gasteiger partial charge in [0.2, 0.25) is 0 Å². The summed E-state index contributed by atoms with van der Waals surface area (Å²) in [5.41, 5.74) is 3.57. The van der Waals surface area contributed by atoms with E-state index in [1.807, 2.05) is 36.4 Å². The van der Waals surface area contributed by atoms with Crippen molar-refractivity contribution in [2.75, 3.05) is 13.2 Å². The molecule has 1 atom stereocenters. The minimum absolute atomic E-state index is 0.162. The van der Waals surface area contributed by atoms with Crippen molar-refractivity contribution in [1.82, 2.24) is 10.3 Å². The Bertz CT molecular complexity index is 1100. The number of hydrogen-bond acceptors (Lipinski definition) is 4. The third-order valence-electron chi connectivity index (χ3n) is 5.51. The van der Waals surface area contributed by atoms with Gasteiger partial charge in [-0.25, -0.2) is 0 Å². The van der Waals surface area contributed by atoms with Crippen molar-refractivity contribution in [2.24, 2.45) is 0 Å². The smallest absolute Gasteiger partial charge is 0.251 e. The molecular weight excluding hydrogens is 388 g/mol. The van der Waals surface area contributed by atoms with Gasteiger partial charge < -0.3 is 14.8 Å². The minimum atomic E-state index is -0.228.